The number of carbonyl (C=O) groups excluding carboxylic acids is 2. The van der Waals surface area contributed by atoms with E-state index in [2.05, 4.69) is 15.8 Å². The van der Waals surface area contributed by atoms with Crippen LogP contribution < -0.4 is 25.3 Å². The number of rotatable bonds is 12. The number of hydrazone groups is 1. The molecule has 4 aromatic carbocycles. The third-order valence-corrected chi connectivity index (χ3v) is 9.15. The van der Waals surface area contributed by atoms with Crippen LogP contribution in [0.5, 0.6) is 5.75 Å². The van der Waals surface area contributed by atoms with Gasteiger partial charge in [-0.15, -0.1) is 0 Å². The SMILES string of the molecule is Cc1c(N(CC(=O)N/N=C\c2ccc(OCC(=O)Nc3cccc(Cl)c3)cc2)S(=O)(=O)c2ccccc2)c(=O)n(-c2ccccc2)n1C. The van der Waals surface area contributed by atoms with Crippen LogP contribution >= 0.6 is 11.6 Å². The standard InChI is InChI=1S/C34H31ClN6O6S/c1-24-33(34(44)41(39(24)2)28-12-5-3-6-13-28)40(48(45,46)30-14-7-4-8-15-30)22-31(42)38-36-21-25-16-18-29(19-17-25)47-23-32(43)37-27-11-9-10-26(35)20-27/h3-21H,22-23H2,1-2H3,(H,37,43)(H,38,42)/b36-21-. The Morgan fingerprint density at radius 1 is 0.917 bits per heavy atom. The molecule has 0 unspecified atom stereocenters. The molecule has 0 radical (unpaired) electrons. The van der Waals surface area contributed by atoms with Crippen LogP contribution in [0, 0.1) is 6.92 Å². The minimum Gasteiger partial charge on any atom is -0.484 e. The molecule has 14 heteroatoms. The summed E-state index contributed by atoms with van der Waals surface area (Å²) in [6.07, 6.45) is 1.36. The van der Waals surface area contributed by atoms with Crippen molar-refractivity contribution in [1.29, 1.82) is 0 Å². The molecule has 5 rings (SSSR count). The van der Waals surface area contributed by atoms with Crippen molar-refractivity contribution in [2.24, 2.45) is 12.1 Å². The zero-order valence-electron chi connectivity index (χ0n) is 25.9. The Kier molecular flexibility index (Phi) is 10.4. The molecule has 2 amide bonds. The van der Waals surface area contributed by atoms with E-state index < -0.39 is 28.0 Å². The second kappa shape index (κ2) is 14.8. The maximum atomic E-state index is 13.9. The minimum absolute atomic E-state index is 0.0838. The van der Waals surface area contributed by atoms with Crippen molar-refractivity contribution in [3.05, 3.63) is 136 Å². The van der Waals surface area contributed by atoms with E-state index in [1.165, 1.54) is 27.7 Å². The van der Waals surface area contributed by atoms with E-state index in [4.69, 9.17) is 16.3 Å². The number of aromatic nitrogens is 2. The lowest BCUT2D eigenvalue weighted by Crippen LogP contribution is -2.42. The summed E-state index contributed by atoms with van der Waals surface area (Å²) in [5.41, 5.74) is 3.57. The molecule has 1 aromatic heterocycles. The van der Waals surface area contributed by atoms with Crippen LogP contribution in [-0.4, -0.2) is 49.0 Å². The maximum absolute atomic E-state index is 13.9. The lowest BCUT2D eigenvalue weighted by atomic mass is 10.2. The Labute approximate surface area is 281 Å². The van der Waals surface area contributed by atoms with Gasteiger partial charge >= 0.3 is 0 Å². The van der Waals surface area contributed by atoms with Crippen molar-refractivity contribution in [3.63, 3.8) is 0 Å². The van der Waals surface area contributed by atoms with Gasteiger partial charge < -0.3 is 10.1 Å². The normalized spacial score (nSPS) is 11.3. The molecule has 0 saturated carbocycles. The molecule has 48 heavy (non-hydrogen) atoms. The average molecular weight is 687 g/mol. The zero-order valence-corrected chi connectivity index (χ0v) is 27.5. The van der Waals surface area contributed by atoms with Gasteiger partial charge in [-0.3, -0.25) is 19.1 Å². The topological polar surface area (TPSA) is 144 Å². The van der Waals surface area contributed by atoms with Crippen molar-refractivity contribution in [3.8, 4) is 11.4 Å². The molecule has 0 aliphatic rings. The number of hydrogen-bond donors (Lipinski definition) is 2. The van der Waals surface area contributed by atoms with Crippen LogP contribution in [0.1, 0.15) is 11.3 Å². The van der Waals surface area contributed by atoms with E-state index in [1.807, 2.05) is 0 Å². The van der Waals surface area contributed by atoms with E-state index in [0.29, 0.717) is 33.4 Å². The van der Waals surface area contributed by atoms with Crippen LogP contribution in [0.4, 0.5) is 11.4 Å². The first-order valence-electron chi connectivity index (χ1n) is 14.6. The second-order valence-corrected chi connectivity index (χ2v) is 12.7. The van der Waals surface area contributed by atoms with Crippen molar-refractivity contribution in [2.75, 3.05) is 22.8 Å². The number of hydrogen-bond acceptors (Lipinski definition) is 7. The van der Waals surface area contributed by atoms with E-state index in [1.54, 1.807) is 111 Å². The van der Waals surface area contributed by atoms with Gasteiger partial charge in [-0.2, -0.15) is 5.10 Å². The quantitative estimate of drug-likeness (QED) is 0.146. The molecule has 246 valence electrons. The Morgan fingerprint density at radius 3 is 2.25 bits per heavy atom. The first-order chi connectivity index (χ1) is 23.0. The highest BCUT2D eigenvalue weighted by Crippen LogP contribution is 2.25. The Bertz CT molecular complexity index is 2120. The third kappa shape index (κ3) is 7.82. The largest absolute Gasteiger partial charge is 0.484 e. The molecule has 5 aromatic rings. The van der Waals surface area contributed by atoms with Gasteiger partial charge in [-0.05, 0) is 79.2 Å². The van der Waals surface area contributed by atoms with Crippen LogP contribution in [0.15, 0.2) is 124 Å². The fraction of sp³-hybridized carbons (Fsp3) is 0.118. The van der Waals surface area contributed by atoms with Gasteiger partial charge in [0.05, 0.1) is 22.5 Å². The summed E-state index contributed by atoms with van der Waals surface area (Å²) < 4.78 is 36.9. The number of benzene rings is 4. The maximum Gasteiger partial charge on any atom is 0.296 e. The number of nitrogens with one attached hydrogen (secondary N) is 2. The highest BCUT2D eigenvalue weighted by Gasteiger charge is 2.33. The van der Waals surface area contributed by atoms with Gasteiger partial charge in [0.15, 0.2) is 6.61 Å². The fourth-order valence-corrected chi connectivity index (χ4v) is 6.44. The number of halogens is 1. The Balaban J connectivity index is 1.28. The smallest absolute Gasteiger partial charge is 0.296 e. The van der Waals surface area contributed by atoms with Gasteiger partial charge in [0.25, 0.3) is 27.4 Å². The predicted octanol–water partition coefficient (Wildman–Crippen LogP) is 4.50. The van der Waals surface area contributed by atoms with Crippen molar-refractivity contribution in [2.45, 2.75) is 11.8 Å². The molecule has 0 spiro atoms. The van der Waals surface area contributed by atoms with Gasteiger partial charge in [-0.1, -0.05) is 54.1 Å². The van der Waals surface area contributed by atoms with E-state index in [-0.39, 0.29) is 23.1 Å². The number of ether oxygens (including phenoxy) is 1. The number of sulfonamides is 1. The lowest BCUT2D eigenvalue weighted by molar-refractivity contribution is -0.119. The predicted molar refractivity (Wildman–Crippen MR) is 184 cm³/mol. The monoisotopic (exact) mass is 686 g/mol. The van der Waals surface area contributed by atoms with Crippen LogP contribution in [0.25, 0.3) is 5.69 Å². The molecule has 0 bridgehead atoms. The molecule has 12 nitrogen and oxygen atoms in total. The number of carbonyl (C=O) groups is 2. The van der Waals surface area contributed by atoms with E-state index in [9.17, 15) is 22.8 Å². The zero-order chi connectivity index (χ0) is 34.3. The number of nitrogens with zero attached hydrogens (tertiary/aromatic N) is 4. The van der Waals surface area contributed by atoms with Gasteiger partial charge in [0.2, 0.25) is 0 Å². The first kappa shape index (κ1) is 33.7. The van der Waals surface area contributed by atoms with E-state index in [0.717, 1.165) is 4.31 Å². The Hall–Kier alpha value is -5.66. The molecule has 0 fully saturated rings. The molecule has 1 heterocycles. The average Bonchev–Trinajstić information content (AvgIpc) is 3.30. The number of anilines is 2. The second-order valence-electron chi connectivity index (χ2n) is 10.4. The van der Waals surface area contributed by atoms with Crippen molar-refractivity contribution < 1.29 is 22.7 Å². The fourth-order valence-electron chi connectivity index (χ4n) is 4.75. The summed E-state index contributed by atoms with van der Waals surface area (Å²) in [6, 6.07) is 29.7. The van der Waals surface area contributed by atoms with Gasteiger partial charge in [0, 0.05) is 17.8 Å². The molecular weight excluding hydrogens is 656 g/mol. The first-order valence-corrected chi connectivity index (χ1v) is 16.4. The van der Waals surface area contributed by atoms with Crippen LogP contribution in [-0.2, 0) is 26.7 Å². The van der Waals surface area contributed by atoms with E-state index >= 15 is 0 Å². The molecule has 0 aliphatic carbocycles. The van der Waals surface area contributed by atoms with Crippen LogP contribution in [0.3, 0.4) is 0 Å². The minimum atomic E-state index is -4.35. The molecule has 0 saturated heterocycles. The van der Waals surface area contributed by atoms with Gasteiger partial charge in [-0.25, -0.2) is 22.8 Å². The summed E-state index contributed by atoms with van der Waals surface area (Å²) in [5.74, 6) is -0.706. The highest BCUT2D eigenvalue weighted by atomic mass is 35.5. The lowest BCUT2D eigenvalue weighted by Gasteiger charge is -2.22. The summed E-state index contributed by atoms with van der Waals surface area (Å²) in [5, 5.41) is 7.15. The van der Waals surface area contributed by atoms with Crippen molar-refractivity contribution in [1.82, 2.24) is 14.8 Å². The summed E-state index contributed by atoms with van der Waals surface area (Å²) in [4.78, 5) is 39.0. The number of amides is 2. The highest BCUT2D eigenvalue weighted by molar-refractivity contribution is 7.92. The summed E-state index contributed by atoms with van der Waals surface area (Å²) >= 11 is 5.94. The van der Waals surface area contributed by atoms with Gasteiger partial charge in [0.1, 0.15) is 18.0 Å². The third-order valence-electron chi connectivity index (χ3n) is 7.15. The summed E-state index contributed by atoms with van der Waals surface area (Å²) in [6.45, 7) is 0.669. The van der Waals surface area contributed by atoms with Crippen molar-refractivity contribution >= 4 is 51.0 Å². The molecular formula is C34H31ClN6O6S. The molecule has 0 aliphatic heterocycles. The number of para-hydroxylation sites is 1. The molecule has 2 N–H and O–H groups in total. The Morgan fingerprint density at radius 2 is 1.58 bits per heavy atom. The molecule has 0 atom stereocenters. The van der Waals surface area contributed by atoms with Crippen LogP contribution in [0.2, 0.25) is 5.02 Å². The summed E-state index contributed by atoms with van der Waals surface area (Å²) in [7, 11) is -2.71.